The van der Waals surface area contributed by atoms with Crippen LogP contribution in [-0.4, -0.2) is 63.8 Å². The number of amides is 2. The number of aliphatic hydroxyl groups is 1. The molecule has 2 N–H and O–H groups in total. The van der Waals surface area contributed by atoms with Gasteiger partial charge in [-0.05, 0) is 6.92 Å². The lowest BCUT2D eigenvalue weighted by molar-refractivity contribution is -0.141. The van der Waals surface area contributed by atoms with Crippen LogP contribution < -0.4 is 0 Å². The molecule has 1 fully saturated rings. The van der Waals surface area contributed by atoms with Crippen molar-refractivity contribution in [1.29, 1.82) is 0 Å². The third-order valence-corrected chi connectivity index (χ3v) is 2.81. The number of urea groups is 1. The van der Waals surface area contributed by atoms with Gasteiger partial charge in [0.2, 0.25) is 0 Å². The summed E-state index contributed by atoms with van der Waals surface area (Å²) in [6.07, 6.45) is 0.915. The Kier molecular flexibility index (Phi) is 4.51. The van der Waals surface area contributed by atoms with Crippen molar-refractivity contribution in [1.82, 2.24) is 9.80 Å². The van der Waals surface area contributed by atoms with Gasteiger partial charge in [0, 0.05) is 26.1 Å². The van der Waals surface area contributed by atoms with Crippen molar-refractivity contribution in [3.63, 3.8) is 0 Å². The highest BCUT2D eigenvalue weighted by Gasteiger charge is 2.40. The van der Waals surface area contributed by atoms with E-state index >= 15 is 0 Å². The summed E-state index contributed by atoms with van der Waals surface area (Å²) in [5.74, 6) is -1.08. The summed E-state index contributed by atoms with van der Waals surface area (Å²) < 4.78 is 0. The monoisotopic (exact) mass is 242 g/mol. The Morgan fingerprint density at radius 2 is 2.24 bits per heavy atom. The first-order valence-corrected chi connectivity index (χ1v) is 5.58. The number of carboxylic acids is 1. The van der Waals surface area contributed by atoms with Gasteiger partial charge < -0.3 is 20.0 Å². The smallest absolute Gasteiger partial charge is 0.326 e. The first-order valence-electron chi connectivity index (χ1n) is 5.58. The van der Waals surface area contributed by atoms with E-state index in [1.807, 2.05) is 6.92 Å². The van der Waals surface area contributed by atoms with Crippen molar-refractivity contribution in [3.8, 4) is 0 Å². The lowest BCUT2D eigenvalue weighted by atomic mass is 10.2. The summed E-state index contributed by atoms with van der Waals surface area (Å²) in [6, 6.07) is -1.30. The number of carboxylic acid groups (broad SMARTS) is 1. The minimum absolute atomic E-state index is 0.0729. The van der Waals surface area contributed by atoms with Crippen LogP contribution in [0.2, 0.25) is 0 Å². The van der Waals surface area contributed by atoms with E-state index in [9.17, 15) is 14.7 Å². The average molecular weight is 242 g/mol. The lowest BCUT2D eigenvalue weighted by Gasteiger charge is -2.28. The molecule has 0 aromatic carbocycles. The fraction of sp³-hybridized carbons (Fsp3) is 0.636. The normalized spacial score (nSPS) is 23.5. The van der Waals surface area contributed by atoms with Gasteiger partial charge in [-0.15, -0.1) is 6.58 Å². The molecule has 0 bridgehead atoms. The largest absolute Gasteiger partial charge is 0.480 e. The third-order valence-electron chi connectivity index (χ3n) is 2.81. The van der Waals surface area contributed by atoms with Crippen molar-refractivity contribution < 1.29 is 19.8 Å². The molecule has 0 aliphatic carbocycles. The number of aliphatic hydroxyl groups excluding tert-OH is 1. The SMILES string of the molecule is C=CCN(CC)C(=O)N1C[C@H](O)C[C@H]1C(=O)O. The van der Waals surface area contributed by atoms with Crippen LogP contribution in [0.1, 0.15) is 13.3 Å². The molecule has 0 aromatic rings. The van der Waals surface area contributed by atoms with Crippen molar-refractivity contribution in [3.05, 3.63) is 12.7 Å². The zero-order valence-electron chi connectivity index (χ0n) is 9.87. The van der Waals surface area contributed by atoms with Crippen LogP contribution >= 0.6 is 0 Å². The molecule has 0 aromatic heterocycles. The van der Waals surface area contributed by atoms with E-state index in [1.165, 1.54) is 9.80 Å². The highest BCUT2D eigenvalue weighted by atomic mass is 16.4. The molecular formula is C11H18N2O4. The molecule has 2 amide bonds. The summed E-state index contributed by atoms with van der Waals surface area (Å²) in [4.78, 5) is 25.7. The summed E-state index contributed by atoms with van der Waals surface area (Å²) >= 11 is 0. The second-order valence-electron chi connectivity index (χ2n) is 4.01. The van der Waals surface area contributed by atoms with E-state index in [0.29, 0.717) is 13.1 Å². The molecule has 6 heteroatoms. The van der Waals surface area contributed by atoms with Crippen LogP contribution in [0, 0.1) is 0 Å². The van der Waals surface area contributed by atoms with E-state index in [2.05, 4.69) is 6.58 Å². The molecular weight excluding hydrogens is 224 g/mol. The first-order chi connectivity index (χ1) is 8.01. The van der Waals surface area contributed by atoms with Gasteiger partial charge in [-0.2, -0.15) is 0 Å². The Bertz CT molecular complexity index is 319. The minimum Gasteiger partial charge on any atom is -0.480 e. The van der Waals surface area contributed by atoms with Gasteiger partial charge in [-0.3, -0.25) is 0 Å². The molecule has 1 heterocycles. The molecule has 17 heavy (non-hydrogen) atoms. The van der Waals surface area contributed by atoms with Gasteiger partial charge in [0.1, 0.15) is 6.04 Å². The Labute approximate surface area is 100 Å². The highest BCUT2D eigenvalue weighted by Crippen LogP contribution is 2.19. The van der Waals surface area contributed by atoms with E-state index in [0.717, 1.165) is 0 Å². The summed E-state index contributed by atoms with van der Waals surface area (Å²) in [7, 11) is 0. The van der Waals surface area contributed by atoms with E-state index in [4.69, 9.17) is 5.11 Å². The van der Waals surface area contributed by atoms with E-state index in [1.54, 1.807) is 6.08 Å². The molecule has 0 unspecified atom stereocenters. The van der Waals surface area contributed by atoms with Crippen LogP contribution in [0.3, 0.4) is 0 Å². The number of rotatable bonds is 4. The molecule has 6 nitrogen and oxygen atoms in total. The maximum Gasteiger partial charge on any atom is 0.326 e. The zero-order valence-corrected chi connectivity index (χ0v) is 9.87. The summed E-state index contributed by atoms with van der Waals surface area (Å²) in [6.45, 7) is 6.28. The Balaban J connectivity index is 2.78. The molecule has 1 saturated heterocycles. The van der Waals surface area contributed by atoms with E-state index in [-0.39, 0.29) is 19.0 Å². The number of carbonyl (C=O) groups is 2. The molecule has 1 aliphatic rings. The van der Waals surface area contributed by atoms with Gasteiger partial charge in [-0.25, -0.2) is 9.59 Å². The third kappa shape index (κ3) is 2.97. The maximum absolute atomic E-state index is 12.1. The standard InChI is InChI=1S/C11H18N2O4/c1-3-5-12(4-2)11(17)13-7-8(14)6-9(13)10(15)16/h3,8-9,14H,1,4-7H2,2H3,(H,15,16)/t8-,9+/m1/s1. The number of likely N-dealkylation sites (tertiary alicyclic amines) is 1. The van der Waals surface area contributed by atoms with Crippen LogP contribution in [0.5, 0.6) is 0 Å². The Morgan fingerprint density at radius 3 is 2.71 bits per heavy atom. The molecule has 96 valence electrons. The molecule has 1 aliphatic heterocycles. The molecule has 0 spiro atoms. The van der Waals surface area contributed by atoms with Crippen molar-refractivity contribution >= 4 is 12.0 Å². The number of hydrogen-bond acceptors (Lipinski definition) is 3. The molecule has 1 rings (SSSR count). The Morgan fingerprint density at radius 1 is 1.59 bits per heavy atom. The number of likely N-dealkylation sites (N-methyl/N-ethyl adjacent to an activating group) is 1. The maximum atomic E-state index is 12.1. The molecule has 0 radical (unpaired) electrons. The average Bonchev–Trinajstić information content (AvgIpc) is 2.67. The number of aliphatic carboxylic acids is 1. The van der Waals surface area contributed by atoms with Crippen molar-refractivity contribution in [2.75, 3.05) is 19.6 Å². The number of nitrogens with zero attached hydrogens (tertiary/aromatic N) is 2. The predicted octanol–water partition coefficient (Wildman–Crippen LogP) is 0.134. The lowest BCUT2D eigenvalue weighted by Crippen LogP contribution is -2.48. The van der Waals surface area contributed by atoms with Gasteiger partial charge in [0.05, 0.1) is 6.10 Å². The second-order valence-corrected chi connectivity index (χ2v) is 4.01. The van der Waals surface area contributed by atoms with Crippen LogP contribution in [0.25, 0.3) is 0 Å². The quantitative estimate of drug-likeness (QED) is 0.687. The van der Waals surface area contributed by atoms with Gasteiger partial charge in [0.25, 0.3) is 0 Å². The van der Waals surface area contributed by atoms with E-state index < -0.39 is 18.1 Å². The number of β-amino-alcohol motifs (C(OH)–C–C–N with tert-alkyl or cyclic N) is 1. The fourth-order valence-electron chi connectivity index (χ4n) is 1.94. The predicted molar refractivity (Wildman–Crippen MR) is 61.6 cm³/mol. The summed E-state index contributed by atoms with van der Waals surface area (Å²) in [5, 5.41) is 18.4. The van der Waals surface area contributed by atoms with Gasteiger partial charge >= 0.3 is 12.0 Å². The minimum atomic E-state index is -1.08. The zero-order chi connectivity index (χ0) is 13.0. The van der Waals surface area contributed by atoms with Gasteiger partial charge in [0.15, 0.2) is 0 Å². The van der Waals surface area contributed by atoms with Crippen molar-refractivity contribution in [2.45, 2.75) is 25.5 Å². The van der Waals surface area contributed by atoms with Crippen LogP contribution in [0.15, 0.2) is 12.7 Å². The van der Waals surface area contributed by atoms with Crippen LogP contribution in [-0.2, 0) is 4.79 Å². The summed E-state index contributed by atoms with van der Waals surface area (Å²) in [5.41, 5.74) is 0. The highest BCUT2D eigenvalue weighted by molar-refractivity contribution is 5.83. The molecule has 0 saturated carbocycles. The topological polar surface area (TPSA) is 81.1 Å². The van der Waals surface area contributed by atoms with Crippen LogP contribution in [0.4, 0.5) is 4.79 Å². The van der Waals surface area contributed by atoms with Gasteiger partial charge in [-0.1, -0.05) is 6.08 Å². The Hall–Kier alpha value is -1.56. The first kappa shape index (κ1) is 13.5. The fourth-order valence-corrected chi connectivity index (χ4v) is 1.94. The number of hydrogen-bond donors (Lipinski definition) is 2. The second kappa shape index (κ2) is 5.67. The molecule has 2 atom stereocenters. The number of carbonyl (C=O) groups excluding carboxylic acids is 1. The van der Waals surface area contributed by atoms with Crippen molar-refractivity contribution in [2.24, 2.45) is 0 Å².